The number of nitrogens with zero attached hydrogens (tertiary/aromatic N) is 3. The number of carbonyl (C=O) groups is 2. The number of phenols is 1. The van der Waals surface area contributed by atoms with Gasteiger partial charge in [-0.3, -0.25) is 9.59 Å². The van der Waals surface area contributed by atoms with Crippen LogP contribution >= 0.6 is 0 Å². The van der Waals surface area contributed by atoms with Gasteiger partial charge in [-0.25, -0.2) is 4.39 Å². The van der Waals surface area contributed by atoms with Gasteiger partial charge >= 0.3 is 0 Å². The molecule has 0 radical (unpaired) electrons. The van der Waals surface area contributed by atoms with Crippen LogP contribution in [0.25, 0.3) is 0 Å². The molecule has 1 heterocycles. The highest BCUT2D eigenvalue weighted by Crippen LogP contribution is 2.35. The summed E-state index contributed by atoms with van der Waals surface area (Å²) in [6.45, 7) is 6.87. The minimum Gasteiger partial charge on any atom is -0.507 e. The molecule has 0 fully saturated rings. The van der Waals surface area contributed by atoms with Crippen LogP contribution in [0, 0.1) is 5.82 Å². The van der Waals surface area contributed by atoms with E-state index >= 15 is 0 Å². The molecule has 0 aliphatic carbocycles. The van der Waals surface area contributed by atoms with Crippen LogP contribution in [-0.2, 0) is 23.3 Å². The average Bonchev–Trinajstić information content (AvgIpc) is 3.16. The van der Waals surface area contributed by atoms with Crippen molar-refractivity contribution in [2.24, 2.45) is 0 Å². The molecule has 0 aromatic heterocycles. The van der Waals surface area contributed by atoms with Crippen LogP contribution in [0.3, 0.4) is 0 Å². The minimum atomic E-state index is -0.536. The average molecular weight is 454 g/mol. The molecule has 0 atom stereocenters. The Morgan fingerprint density at radius 1 is 1.15 bits per heavy atom. The fourth-order valence-electron chi connectivity index (χ4n) is 3.94. The van der Waals surface area contributed by atoms with Crippen LogP contribution in [0.4, 0.5) is 10.1 Å². The molecule has 7 heteroatoms. The zero-order valence-corrected chi connectivity index (χ0v) is 20.1. The third-order valence-electron chi connectivity index (χ3n) is 5.79. The van der Waals surface area contributed by atoms with Gasteiger partial charge in [0.15, 0.2) is 0 Å². The Labute approximate surface area is 194 Å². The van der Waals surface area contributed by atoms with Crippen molar-refractivity contribution < 1.29 is 19.1 Å². The molecule has 176 valence electrons. The van der Waals surface area contributed by atoms with Gasteiger partial charge in [-0.15, -0.1) is 0 Å². The third kappa shape index (κ3) is 5.25. The highest BCUT2D eigenvalue weighted by Gasteiger charge is 2.31. The Bertz CT molecular complexity index is 1100. The van der Waals surface area contributed by atoms with Crippen molar-refractivity contribution in [2.75, 3.05) is 32.6 Å². The Morgan fingerprint density at radius 3 is 2.48 bits per heavy atom. The van der Waals surface area contributed by atoms with E-state index in [9.17, 15) is 19.1 Å². The molecule has 2 aromatic carbocycles. The molecule has 33 heavy (non-hydrogen) atoms. The number of rotatable bonds is 5. The van der Waals surface area contributed by atoms with Crippen molar-refractivity contribution in [3.63, 3.8) is 0 Å². The van der Waals surface area contributed by atoms with Gasteiger partial charge in [-0.1, -0.05) is 39.0 Å². The highest BCUT2D eigenvalue weighted by atomic mass is 19.1. The number of benzene rings is 2. The third-order valence-corrected chi connectivity index (χ3v) is 5.79. The van der Waals surface area contributed by atoms with Gasteiger partial charge in [0.2, 0.25) is 5.91 Å². The van der Waals surface area contributed by atoms with Gasteiger partial charge in [0, 0.05) is 50.1 Å². The van der Waals surface area contributed by atoms with Gasteiger partial charge in [0.05, 0.1) is 5.56 Å². The van der Waals surface area contributed by atoms with E-state index in [1.165, 1.54) is 6.07 Å². The molecule has 0 spiro atoms. The van der Waals surface area contributed by atoms with Crippen molar-refractivity contribution >= 4 is 17.5 Å². The van der Waals surface area contributed by atoms with Gasteiger partial charge in [0.25, 0.3) is 5.91 Å². The van der Waals surface area contributed by atoms with Crippen LogP contribution in [0.2, 0.25) is 0 Å². The summed E-state index contributed by atoms with van der Waals surface area (Å²) in [5.74, 6) is -1.44. The highest BCUT2D eigenvalue weighted by molar-refractivity contribution is 6.02. The monoisotopic (exact) mass is 453 g/mol. The molecule has 2 aromatic rings. The lowest BCUT2D eigenvalue weighted by Crippen LogP contribution is -2.28. The van der Waals surface area contributed by atoms with Crippen molar-refractivity contribution in [1.29, 1.82) is 0 Å². The van der Waals surface area contributed by atoms with Crippen molar-refractivity contribution in [1.82, 2.24) is 9.80 Å². The molecule has 2 amide bonds. The van der Waals surface area contributed by atoms with E-state index in [1.54, 1.807) is 22.9 Å². The first-order valence-electron chi connectivity index (χ1n) is 10.9. The van der Waals surface area contributed by atoms with E-state index in [0.717, 1.165) is 22.9 Å². The Kier molecular flexibility index (Phi) is 6.93. The number of anilines is 1. The number of phenolic OH excluding ortho intramolecular Hbond substituents is 1. The van der Waals surface area contributed by atoms with Crippen LogP contribution < -0.4 is 4.90 Å². The van der Waals surface area contributed by atoms with Crippen LogP contribution in [0.1, 0.15) is 47.8 Å². The van der Waals surface area contributed by atoms with E-state index in [0.29, 0.717) is 25.2 Å². The van der Waals surface area contributed by atoms with Crippen molar-refractivity contribution in [3.05, 3.63) is 70.6 Å². The number of halogens is 1. The minimum absolute atomic E-state index is 0.0757. The Balaban J connectivity index is 1.86. The second kappa shape index (κ2) is 9.35. The first-order valence-corrected chi connectivity index (χ1v) is 10.9. The van der Waals surface area contributed by atoms with Crippen LogP contribution in [0.15, 0.2) is 42.5 Å². The Hall–Kier alpha value is -3.19. The zero-order chi connectivity index (χ0) is 24.5. The summed E-state index contributed by atoms with van der Waals surface area (Å²) in [5, 5.41) is 10.3. The number of aromatic hydroxyl groups is 1. The topological polar surface area (TPSA) is 64.1 Å². The van der Waals surface area contributed by atoms with Gasteiger partial charge in [0.1, 0.15) is 11.6 Å². The molecule has 0 saturated carbocycles. The van der Waals surface area contributed by atoms with Gasteiger partial charge < -0.3 is 19.8 Å². The first-order chi connectivity index (χ1) is 15.4. The second-order valence-electron chi connectivity index (χ2n) is 9.74. The maximum absolute atomic E-state index is 14.4. The zero-order valence-electron chi connectivity index (χ0n) is 20.1. The fraction of sp³-hybridized carbons (Fsp3) is 0.385. The second-order valence-corrected chi connectivity index (χ2v) is 9.74. The van der Waals surface area contributed by atoms with Crippen LogP contribution in [0.5, 0.6) is 5.75 Å². The summed E-state index contributed by atoms with van der Waals surface area (Å²) in [5.41, 5.74) is 2.50. The maximum atomic E-state index is 14.4. The standard InChI is InChI=1S/C26H32FN3O3/c1-26(2,3)20-13-18(23(31)14-21(20)27)25(33)30-15-17-9-7-10-22(19(17)16-30)29(6)24(32)11-8-12-28(4)5/h7-11,13-14,31H,12,15-16H2,1-6H3/b11-8+. The largest absolute Gasteiger partial charge is 0.507 e. The molecule has 1 aliphatic heterocycles. The molecule has 1 N–H and O–H groups in total. The normalized spacial score (nSPS) is 13.6. The molecule has 6 nitrogen and oxygen atoms in total. The lowest BCUT2D eigenvalue weighted by molar-refractivity contribution is -0.113. The molecular weight excluding hydrogens is 421 g/mol. The predicted octanol–water partition coefficient (Wildman–Crippen LogP) is 4.07. The van der Waals surface area contributed by atoms with E-state index in [1.807, 2.05) is 64.0 Å². The first kappa shape index (κ1) is 24.5. The molecular formula is C26H32FN3O3. The molecule has 0 bridgehead atoms. The quantitative estimate of drug-likeness (QED) is 0.694. The summed E-state index contributed by atoms with van der Waals surface area (Å²) in [6, 6.07) is 8.11. The lowest BCUT2D eigenvalue weighted by atomic mass is 9.85. The molecule has 0 saturated heterocycles. The summed E-state index contributed by atoms with van der Waals surface area (Å²) < 4.78 is 14.4. The number of fused-ring (bicyclic) bond motifs is 1. The Morgan fingerprint density at radius 2 is 1.85 bits per heavy atom. The number of likely N-dealkylation sites (N-methyl/N-ethyl adjacent to an activating group) is 2. The van der Waals surface area contributed by atoms with Gasteiger partial charge in [-0.05, 0) is 42.8 Å². The molecule has 1 aliphatic rings. The molecule has 3 rings (SSSR count). The summed E-state index contributed by atoms with van der Waals surface area (Å²) in [4.78, 5) is 31.1. The van der Waals surface area contributed by atoms with E-state index in [-0.39, 0.29) is 23.1 Å². The lowest BCUT2D eigenvalue weighted by Gasteiger charge is -2.23. The summed E-state index contributed by atoms with van der Waals surface area (Å²) in [6.07, 6.45) is 3.35. The number of carbonyl (C=O) groups excluding carboxylic acids is 2. The van der Waals surface area contributed by atoms with E-state index in [2.05, 4.69) is 0 Å². The molecule has 0 unspecified atom stereocenters. The van der Waals surface area contributed by atoms with Crippen LogP contribution in [-0.4, -0.2) is 54.4 Å². The number of hydrogen-bond acceptors (Lipinski definition) is 4. The van der Waals surface area contributed by atoms with Crippen molar-refractivity contribution in [2.45, 2.75) is 39.3 Å². The fourth-order valence-corrected chi connectivity index (χ4v) is 3.94. The SMILES string of the molecule is CN(C)C/C=C/C(=O)N(C)c1cccc2c1CN(C(=O)c1cc(C(C)(C)C)c(F)cc1O)C2. The predicted molar refractivity (Wildman–Crippen MR) is 128 cm³/mol. The summed E-state index contributed by atoms with van der Waals surface area (Å²) >= 11 is 0. The number of amides is 2. The smallest absolute Gasteiger partial charge is 0.258 e. The van der Waals surface area contributed by atoms with E-state index in [4.69, 9.17) is 0 Å². The number of hydrogen-bond donors (Lipinski definition) is 1. The van der Waals surface area contributed by atoms with E-state index < -0.39 is 11.2 Å². The maximum Gasteiger partial charge on any atom is 0.258 e. The van der Waals surface area contributed by atoms with Gasteiger partial charge in [-0.2, -0.15) is 0 Å². The van der Waals surface area contributed by atoms with Crippen molar-refractivity contribution in [3.8, 4) is 5.75 Å². The summed E-state index contributed by atoms with van der Waals surface area (Å²) in [7, 11) is 5.57.